The Bertz CT molecular complexity index is 531. The lowest BCUT2D eigenvalue weighted by molar-refractivity contribution is 0.0114. The number of aromatic nitrogens is 1. The van der Waals surface area contributed by atoms with E-state index in [1.807, 2.05) is 27.7 Å². The van der Waals surface area contributed by atoms with Crippen molar-refractivity contribution in [2.24, 2.45) is 0 Å². The molecule has 6 nitrogen and oxygen atoms in total. The third kappa shape index (κ3) is 4.93. The number of hydrogen-bond donors (Lipinski definition) is 3. The van der Waals surface area contributed by atoms with Crippen LogP contribution in [0.15, 0.2) is 0 Å². The molecule has 0 saturated carbocycles. The SMILES string of the molecule is Cc1nc(NC(=O)OC(C)(C)C)sc1CC1(O)CCNCC1. The monoisotopic (exact) mass is 327 g/mol. The van der Waals surface area contributed by atoms with Crippen LogP contribution in [0.3, 0.4) is 0 Å². The van der Waals surface area contributed by atoms with Crippen molar-refractivity contribution in [3.8, 4) is 0 Å². The number of nitrogens with zero attached hydrogens (tertiary/aromatic N) is 1. The Morgan fingerprint density at radius 1 is 1.45 bits per heavy atom. The summed E-state index contributed by atoms with van der Waals surface area (Å²) in [5.74, 6) is 0. The van der Waals surface area contributed by atoms with Gasteiger partial charge in [0.25, 0.3) is 0 Å². The quantitative estimate of drug-likeness (QED) is 0.794. The zero-order chi connectivity index (χ0) is 16.4. The Kier molecular flexibility index (Phi) is 5.09. The Morgan fingerprint density at radius 2 is 2.09 bits per heavy atom. The van der Waals surface area contributed by atoms with Gasteiger partial charge < -0.3 is 15.2 Å². The molecule has 0 aromatic carbocycles. The lowest BCUT2D eigenvalue weighted by atomic mass is 9.88. The first-order valence-corrected chi connectivity index (χ1v) is 8.38. The fourth-order valence-electron chi connectivity index (χ4n) is 2.40. The number of rotatable bonds is 3. The summed E-state index contributed by atoms with van der Waals surface area (Å²) < 4.78 is 5.22. The van der Waals surface area contributed by atoms with Crippen LogP contribution in [0.25, 0.3) is 0 Å². The van der Waals surface area contributed by atoms with E-state index < -0.39 is 17.3 Å². The molecule has 124 valence electrons. The van der Waals surface area contributed by atoms with Crippen LogP contribution in [0.4, 0.5) is 9.93 Å². The average molecular weight is 327 g/mol. The normalized spacial score (nSPS) is 18.0. The molecule has 2 heterocycles. The van der Waals surface area contributed by atoms with E-state index in [-0.39, 0.29) is 0 Å². The second kappa shape index (κ2) is 6.52. The van der Waals surface area contributed by atoms with Crippen LogP contribution in [-0.2, 0) is 11.2 Å². The van der Waals surface area contributed by atoms with Gasteiger partial charge in [0, 0.05) is 11.3 Å². The van der Waals surface area contributed by atoms with Crippen molar-refractivity contribution in [2.75, 3.05) is 18.4 Å². The van der Waals surface area contributed by atoms with E-state index in [2.05, 4.69) is 15.6 Å². The summed E-state index contributed by atoms with van der Waals surface area (Å²) in [7, 11) is 0. The molecule has 0 unspecified atom stereocenters. The number of carbonyl (C=O) groups excluding carboxylic acids is 1. The van der Waals surface area contributed by atoms with Gasteiger partial charge >= 0.3 is 6.09 Å². The van der Waals surface area contributed by atoms with E-state index in [1.165, 1.54) is 11.3 Å². The van der Waals surface area contributed by atoms with Crippen LogP contribution in [0.1, 0.15) is 44.2 Å². The molecule has 1 aromatic rings. The van der Waals surface area contributed by atoms with E-state index in [4.69, 9.17) is 4.74 Å². The molecular formula is C15H25N3O3S. The van der Waals surface area contributed by atoms with Crippen molar-refractivity contribution in [3.63, 3.8) is 0 Å². The maximum atomic E-state index is 11.8. The molecule has 1 amide bonds. The fraction of sp³-hybridized carbons (Fsp3) is 0.733. The van der Waals surface area contributed by atoms with Crippen molar-refractivity contribution in [1.82, 2.24) is 10.3 Å². The van der Waals surface area contributed by atoms with Crippen LogP contribution < -0.4 is 10.6 Å². The number of ether oxygens (including phenoxy) is 1. The maximum absolute atomic E-state index is 11.8. The maximum Gasteiger partial charge on any atom is 0.413 e. The molecule has 0 aliphatic carbocycles. The average Bonchev–Trinajstić information content (AvgIpc) is 2.67. The minimum atomic E-state index is -0.675. The van der Waals surface area contributed by atoms with Crippen LogP contribution in [0.5, 0.6) is 0 Å². The number of thiazole rings is 1. The largest absolute Gasteiger partial charge is 0.444 e. The molecule has 1 saturated heterocycles. The van der Waals surface area contributed by atoms with Crippen LogP contribution in [-0.4, -0.2) is 40.5 Å². The Hall–Kier alpha value is -1.18. The Morgan fingerprint density at radius 3 is 2.68 bits per heavy atom. The molecule has 1 fully saturated rings. The van der Waals surface area contributed by atoms with E-state index >= 15 is 0 Å². The van der Waals surface area contributed by atoms with Crippen molar-refractivity contribution in [1.29, 1.82) is 0 Å². The molecule has 1 aromatic heterocycles. The highest BCUT2D eigenvalue weighted by Gasteiger charge is 2.31. The van der Waals surface area contributed by atoms with Crippen molar-refractivity contribution < 1.29 is 14.6 Å². The van der Waals surface area contributed by atoms with E-state index in [0.29, 0.717) is 11.6 Å². The number of carbonyl (C=O) groups is 1. The van der Waals surface area contributed by atoms with Gasteiger partial charge in [0.1, 0.15) is 5.60 Å². The smallest absolute Gasteiger partial charge is 0.413 e. The van der Waals surface area contributed by atoms with Gasteiger partial charge in [-0.3, -0.25) is 5.32 Å². The Balaban J connectivity index is 2.00. The summed E-state index contributed by atoms with van der Waals surface area (Å²) in [5, 5.41) is 17.0. The molecular weight excluding hydrogens is 302 g/mol. The van der Waals surface area contributed by atoms with Gasteiger partial charge in [0.15, 0.2) is 5.13 Å². The minimum Gasteiger partial charge on any atom is -0.444 e. The third-order valence-corrected chi connectivity index (χ3v) is 4.60. The predicted molar refractivity (Wildman–Crippen MR) is 87.5 cm³/mol. The summed E-state index contributed by atoms with van der Waals surface area (Å²) in [6.07, 6.45) is 1.54. The second-order valence-corrected chi connectivity index (χ2v) is 7.89. The summed E-state index contributed by atoms with van der Waals surface area (Å²) in [5.41, 5.74) is -0.363. The zero-order valence-electron chi connectivity index (χ0n) is 13.7. The van der Waals surface area contributed by atoms with Gasteiger partial charge in [-0.25, -0.2) is 9.78 Å². The number of anilines is 1. The van der Waals surface area contributed by atoms with Crippen molar-refractivity contribution >= 4 is 22.6 Å². The first-order chi connectivity index (χ1) is 10.2. The summed E-state index contributed by atoms with van der Waals surface area (Å²) in [6.45, 7) is 9.01. The third-order valence-electron chi connectivity index (χ3n) is 3.52. The fourth-order valence-corrected chi connectivity index (χ4v) is 3.49. The van der Waals surface area contributed by atoms with Gasteiger partial charge in [-0.05, 0) is 53.6 Å². The molecule has 0 radical (unpaired) electrons. The molecule has 1 aliphatic heterocycles. The molecule has 2 rings (SSSR count). The molecule has 1 aliphatic rings. The highest BCUT2D eigenvalue weighted by molar-refractivity contribution is 7.15. The summed E-state index contributed by atoms with van der Waals surface area (Å²) >= 11 is 1.40. The van der Waals surface area contributed by atoms with Gasteiger partial charge in [0.2, 0.25) is 0 Å². The van der Waals surface area contributed by atoms with Crippen molar-refractivity contribution in [2.45, 2.75) is 58.2 Å². The predicted octanol–water partition coefficient (Wildman–Crippen LogP) is 2.46. The number of hydrogen-bond acceptors (Lipinski definition) is 6. The lowest BCUT2D eigenvalue weighted by Crippen LogP contribution is -2.43. The highest BCUT2D eigenvalue weighted by Crippen LogP contribution is 2.30. The number of aryl methyl sites for hydroxylation is 1. The van der Waals surface area contributed by atoms with E-state index in [1.54, 1.807) is 0 Å². The first-order valence-electron chi connectivity index (χ1n) is 7.56. The molecule has 0 bridgehead atoms. The number of piperidine rings is 1. The molecule has 22 heavy (non-hydrogen) atoms. The van der Waals surface area contributed by atoms with Gasteiger partial charge in [0.05, 0.1) is 11.3 Å². The van der Waals surface area contributed by atoms with Crippen LogP contribution in [0.2, 0.25) is 0 Å². The highest BCUT2D eigenvalue weighted by atomic mass is 32.1. The van der Waals surface area contributed by atoms with Crippen LogP contribution in [0, 0.1) is 6.92 Å². The lowest BCUT2D eigenvalue weighted by Gasteiger charge is -2.32. The van der Waals surface area contributed by atoms with E-state index in [9.17, 15) is 9.90 Å². The molecule has 0 atom stereocenters. The summed E-state index contributed by atoms with van der Waals surface area (Å²) in [4.78, 5) is 17.1. The zero-order valence-corrected chi connectivity index (χ0v) is 14.5. The Labute approximate surface area is 135 Å². The number of nitrogens with one attached hydrogen (secondary N) is 2. The van der Waals surface area contributed by atoms with Crippen molar-refractivity contribution in [3.05, 3.63) is 10.6 Å². The molecule has 3 N–H and O–H groups in total. The summed E-state index contributed by atoms with van der Waals surface area (Å²) in [6, 6.07) is 0. The van der Waals surface area contributed by atoms with E-state index in [0.717, 1.165) is 36.5 Å². The standard InChI is InChI=1S/C15H25N3O3S/c1-10-11(9-15(20)5-7-16-8-6-15)22-12(17-10)18-13(19)21-14(2,3)4/h16,20H,5-9H2,1-4H3,(H,17,18,19). The topological polar surface area (TPSA) is 83.5 Å². The molecule has 0 spiro atoms. The minimum absolute atomic E-state index is 0.506. The van der Waals surface area contributed by atoms with Gasteiger partial charge in [-0.15, -0.1) is 11.3 Å². The van der Waals surface area contributed by atoms with Crippen LogP contribution >= 0.6 is 11.3 Å². The second-order valence-electron chi connectivity index (χ2n) is 6.81. The van der Waals surface area contributed by atoms with Gasteiger partial charge in [-0.2, -0.15) is 0 Å². The first kappa shape index (κ1) is 17.2. The number of amides is 1. The molecule has 7 heteroatoms. The number of aliphatic hydroxyl groups is 1. The van der Waals surface area contributed by atoms with Gasteiger partial charge in [-0.1, -0.05) is 0 Å².